The number of aromatic nitrogens is 1. The van der Waals surface area contributed by atoms with Crippen LogP contribution in [0, 0.1) is 13.8 Å². The van der Waals surface area contributed by atoms with Gasteiger partial charge in [0.25, 0.3) is 0 Å². The third kappa shape index (κ3) is 4.55. The van der Waals surface area contributed by atoms with Crippen LogP contribution in [0.25, 0.3) is 0 Å². The fourth-order valence-electron chi connectivity index (χ4n) is 1.84. The lowest BCUT2D eigenvalue weighted by Crippen LogP contribution is -1.88. The maximum atomic E-state index is 3.38. The molecule has 1 aromatic rings. The Bertz CT molecular complexity index is 222. The highest BCUT2D eigenvalue weighted by molar-refractivity contribution is 5.35. The summed E-state index contributed by atoms with van der Waals surface area (Å²) < 4.78 is 0. The quantitative estimate of drug-likeness (QED) is 0.722. The first-order valence-corrected chi connectivity index (χ1v) is 6.37. The van der Waals surface area contributed by atoms with E-state index in [9.17, 15) is 0 Å². The Hall–Kier alpha value is -0.720. The van der Waals surface area contributed by atoms with Crippen molar-refractivity contribution in [1.82, 2.24) is 4.98 Å². The zero-order valence-electron chi connectivity index (χ0n) is 11.9. The molecule has 1 N–H and O–H groups in total. The van der Waals surface area contributed by atoms with Crippen LogP contribution in [0.4, 0.5) is 0 Å². The first-order valence-electron chi connectivity index (χ1n) is 6.37. The lowest BCUT2D eigenvalue weighted by molar-refractivity contribution is 1.03. The standard InChI is InChI=1S/C10H17N.2C2H6/c1-5-9-7(3)11-8(4)10(9)6-2;2*1-2/h11H,5-6H2,1-4H3;2*1-2H3. The first kappa shape index (κ1) is 16.7. The van der Waals surface area contributed by atoms with Crippen LogP contribution in [0.3, 0.4) is 0 Å². The Balaban J connectivity index is 0. The van der Waals surface area contributed by atoms with Crippen LogP contribution in [0.2, 0.25) is 0 Å². The number of rotatable bonds is 2. The van der Waals surface area contributed by atoms with E-state index in [0.717, 1.165) is 12.8 Å². The molecule has 15 heavy (non-hydrogen) atoms. The van der Waals surface area contributed by atoms with Crippen LogP contribution in [0.15, 0.2) is 0 Å². The van der Waals surface area contributed by atoms with Gasteiger partial charge >= 0.3 is 0 Å². The lowest BCUT2D eigenvalue weighted by atomic mass is 10.0. The molecule has 1 nitrogen and oxygen atoms in total. The van der Waals surface area contributed by atoms with Gasteiger partial charge < -0.3 is 4.98 Å². The normalized spacial score (nSPS) is 8.53. The van der Waals surface area contributed by atoms with E-state index in [2.05, 4.69) is 32.7 Å². The number of H-pyrrole nitrogens is 1. The molecule has 0 aliphatic carbocycles. The predicted octanol–water partition coefficient (Wildman–Crippen LogP) is 4.81. The largest absolute Gasteiger partial charge is 0.362 e. The van der Waals surface area contributed by atoms with Gasteiger partial charge in [-0.3, -0.25) is 0 Å². The van der Waals surface area contributed by atoms with Crippen LogP contribution < -0.4 is 0 Å². The summed E-state index contributed by atoms with van der Waals surface area (Å²) in [5, 5.41) is 0. The van der Waals surface area contributed by atoms with E-state index < -0.39 is 0 Å². The molecule has 0 spiro atoms. The molecule has 0 aromatic carbocycles. The molecular formula is C14H29N. The van der Waals surface area contributed by atoms with E-state index in [4.69, 9.17) is 0 Å². The maximum absolute atomic E-state index is 3.38. The third-order valence-corrected chi connectivity index (χ3v) is 2.35. The highest BCUT2D eigenvalue weighted by Gasteiger charge is 2.07. The van der Waals surface area contributed by atoms with Crippen molar-refractivity contribution < 1.29 is 0 Å². The zero-order valence-corrected chi connectivity index (χ0v) is 11.9. The van der Waals surface area contributed by atoms with E-state index in [1.165, 1.54) is 22.5 Å². The highest BCUT2D eigenvalue weighted by atomic mass is 14.7. The number of aromatic amines is 1. The fraction of sp³-hybridized carbons (Fsp3) is 0.714. The first-order chi connectivity index (χ1) is 7.20. The summed E-state index contributed by atoms with van der Waals surface area (Å²) in [5.74, 6) is 0. The molecule has 90 valence electrons. The fourth-order valence-corrected chi connectivity index (χ4v) is 1.84. The molecule has 0 saturated heterocycles. The van der Waals surface area contributed by atoms with E-state index in [1.54, 1.807) is 0 Å². The minimum atomic E-state index is 1.15. The summed E-state index contributed by atoms with van der Waals surface area (Å²) in [6.07, 6.45) is 2.30. The molecular weight excluding hydrogens is 182 g/mol. The maximum Gasteiger partial charge on any atom is 0.0152 e. The van der Waals surface area contributed by atoms with Gasteiger partial charge in [0, 0.05) is 11.4 Å². The Morgan fingerprint density at radius 2 is 1.00 bits per heavy atom. The highest BCUT2D eigenvalue weighted by Crippen LogP contribution is 2.18. The van der Waals surface area contributed by atoms with Crippen LogP contribution >= 0.6 is 0 Å². The summed E-state index contributed by atoms with van der Waals surface area (Å²) in [6, 6.07) is 0. The van der Waals surface area contributed by atoms with E-state index in [0.29, 0.717) is 0 Å². The molecule has 1 heteroatoms. The molecule has 1 aromatic heterocycles. The average Bonchev–Trinajstić information content (AvgIpc) is 2.57. The number of hydrogen-bond donors (Lipinski definition) is 1. The monoisotopic (exact) mass is 211 g/mol. The van der Waals surface area contributed by atoms with Crippen LogP contribution in [-0.4, -0.2) is 4.98 Å². The smallest absolute Gasteiger partial charge is 0.0152 e. The molecule has 1 rings (SSSR count). The zero-order chi connectivity index (χ0) is 12.4. The molecule has 0 aliphatic rings. The summed E-state index contributed by atoms with van der Waals surface area (Å²) in [7, 11) is 0. The Morgan fingerprint density at radius 3 is 1.20 bits per heavy atom. The van der Waals surface area contributed by atoms with Crippen molar-refractivity contribution in [2.24, 2.45) is 0 Å². The molecule has 0 fully saturated rings. The van der Waals surface area contributed by atoms with Crippen LogP contribution in [0.5, 0.6) is 0 Å². The predicted molar refractivity (Wildman–Crippen MR) is 71.7 cm³/mol. The van der Waals surface area contributed by atoms with E-state index >= 15 is 0 Å². The Kier molecular flexibility index (Phi) is 10.9. The van der Waals surface area contributed by atoms with Gasteiger partial charge in [0.1, 0.15) is 0 Å². The van der Waals surface area contributed by atoms with E-state index in [-0.39, 0.29) is 0 Å². The van der Waals surface area contributed by atoms with Gasteiger partial charge in [0.15, 0.2) is 0 Å². The summed E-state index contributed by atoms with van der Waals surface area (Å²) in [4.78, 5) is 3.38. The third-order valence-electron chi connectivity index (χ3n) is 2.35. The molecule has 0 atom stereocenters. The van der Waals surface area contributed by atoms with Gasteiger partial charge in [-0.2, -0.15) is 0 Å². The van der Waals surface area contributed by atoms with Gasteiger partial charge in [-0.25, -0.2) is 0 Å². The molecule has 1 heterocycles. The summed E-state index contributed by atoms with van der Waals surface area (Å²) in [5.41, 5.74) is 5.73. The second-order valence-electron chi connectivity index (χ2n) is 3.04. The second kappa shape index (κ2) is 9.82. The van der Waals surface area contributed by atoms with Gasteiger partial charge in [0.2, 0.25) is 0 Å². The molecule has 0 saturated carbocycles. The van der Waals surface area contributed by atoms with Crippen molar-refractivity contribution in [3.05, 3.63) is 22.5 Å². The molecule has 0 unspecified atom stereocenters. The van der Waals surface area contributed by atoms with Crippen LogP contribution in [0.1, 0.15) is 64.1 Å². The lowest BCUT2D eigenvalue weighted by Gasteiger charge is -1.98. The van der Waals surface area contributed by atoms with Crippen molar-refractivity contribution in [3.63, 3.8) is 0 Å². The summed E-state index contributed by atoms with van der Waals surface area (Å²) in [6.45, 7) is 16.7. The second-order valence-corrected chi connectivity index (χ2v) is 3.04. The topological polar surface area (TPSA) is 15.8 Å². The van der Waals surface area contributed by atoms with Crippen molar-refractivity contribution in [2.45, 2.75) is 68.2 Å². The van der Waals surface area contributed by atoms with E-state index in [1.807, 2.05) is 27.7 Å². The Labute approximate surface area is 96.3 Å². The average molecular weight is 211 g/mol. The van der Waals surface area contributed by atoms with Gasteiger partial charge in [-0.15, -0.1) is 0 Å². The van der Waals surface area contributed by atoms with Crippen molar-refractivity contribution in [2.75, 3.05) is 0 Å². The van der Waals surface area contributed by atoms with Crippen molar-refractivity contribution in [3.8, 4) is 0 Å². The molecule has 0 radical (unpaired) electrons. The van der Waals surface area contributed by atoms with Crippen LogP contribution in [-0.2, 0) is 12.8 Å². The van der Waals surface area contributed by atoms with Crippen molar-refractivity contribution >= 4 is 0 Å². The molecule has 0 amide bonds. The number of hydrogen-bond acceptors (Lipinski definition) is 0. The Morgan fingerprint density at radius 1 is 0.733 bits per heavy atom. The SMILES string of the molecule is CC.CC.CCc1c(C)[nH]c(C)c1CC. The number of nitrogens with one attached hydrogen (secondary N) is 1. The van der Waals surface area contributed by atoms with Gasteiger partial charge in [-0.1, -0.05) is 41.5 Å². The minimum absolute atomic E-state index is 1.15. The molecule has 0 aliphatic heterocycles. The number of aryl methyl sites for hydroxylation is 2. The molecule has 0 bridgehead atoms. The minimum Gasteiger partial charge on any atom is -0.362 e. The summed E-state index contributed by atoms with van der Waals surface area (Å²) >= 11 is 0. The van der Waals surface area contributed by atoms with Crippen molar-refractivity contribution in [1.29, 1.82) is 0 Å². The van der Waals surface area contributed by atoms with Gasteiger partial charge in [-0.05, 0) is 37.8 Å². The van der Waals surface area contributed by atoms with Gasteiger partial charge in [0.05, 0.1) is 0 Å².